The average molecular weight is 373 g/mol. The van der Waals surface area contributed by atoms with Crippen LogP contribution in [0.4, 0.5) is 4.39 Å². The SMILES string of the molecule is Cc1nn(-c2ccc(F)cc2)c(C)c1C(=O)N1CCC(C(=O)O)(C(C)C)C1. The highest BCUT2D eigenvalue weighted by Gasteiger charge is 2.49. The van der Waals surface area contributed by atoms with Crippen LogP contribution in [0.3, 0.4) is 0 Å². The number of aromatic nitrogens is 2. The summed E-state index contributed by atoms with van der Waals surface area (Å²) in [5.41, 5.74) is 1.45. The first kappa shape index (κ1) is 19.1. The molecule has 0 spiro atoms. The van der Waals surface area contributed by atoms with E-state index in [1.807, 2.05) is 13.8 Å². The summed E-state index contributed by atoms with van der Waals surface area (Å²) in [7, 11) is 0. The fraction of sp³-hybridized carbons (Fsp3) is 0.450. The van der Waals surface area contributed by atoms with E-state index in [9.17, 15) is 19.1 Å². The van der Waals surface area contributed by atoms with Crippen molar-refractivity contribution in [2.45, 2.75) is 34.1 Å². The van der Waals surface area contributed by atoms with Gasteiger partial charge in [-0.1, -0.05) is 13.8 Å². The van der Waals surface area contributed by atoms with Gasteiger partial charge in [-0.3, -0.25) is 9.59 Å². The minimum absolute atomic E-state index is 0.0723. The number of amides is 1. The Morgan fingerprint density at radius 2 is 1.85 bits per heavy atom. The second-order valence-corrected chi connectivity index (χ2v) is 7.53. The zero-order valence-corrected chi connectivity index (χ0v) is 16.0. The lowest BCUT2D eigenvalue weighted by Crippen LogP contribution is -2.40. The number of carboxylic acids is 1. The monoisotopic (exact) mass is 373 g/mol. The van der Waals surface area contributed by atoms with Crippen LogP contribution >= 0.6 is 0 Å². The Kier molecular flexibility index (Phi) is 4.80. The third-order valence-electron chi connectivity index (χ3n) is 5.70. The number of hydrogen-bond donors (Lipinski definition) is 1. The number of benzene rings is 1. The topological polar surface area (TPSA) is 75.4 Å². The van der Waals surface area contributed by atoms with Crippen LogP contribution in [0, 0.1) is 31.0 Å². The van der Waals surface area contributed by atoms with Crippen molar-refractivity contribution in [2.24, 2.45) is 11.3 Å². The zero-order chi connectivity index (χ0) is 19.9. The van der Waals surface area contributed by atoms with Crippen molar-refractivity contribution in [3.05, 3.63) is 47.0 Å². The van der Waals surface area contributed by atoms with Crippen LogP contribution in [-0.2, 0) is 4.79 Å². The molecule has 0 radical (unpaired) electrons. The summed E-state index contributed by atoms with van der Waals surface area (Å²) in [6.07, 6.45) is 0.440. The maximum absolute atomic E-state index is 13.2. The van der Waals surface area contributed by atoms with E-state index in [0.29, 0.717) is 35.6 Å². The van der Waals surface area contributed by atoms with E-state index >= 15 is 0 Å². The molecule has 1 aromatic heterocycles. The van der Waals surface area contributed by atoms with Crippen molar-refractivity contribution < 1.29 is 19.1 Å². The van der Waals surface area contributed by atoms with Gasteiger partial charge in [-0.15, -0.1) is 0 Å². The largest absolute Gasteiger partial charge is 0.481 e. The fourth-order valence-corrected chi connectivity index (χ4v) is 3.84. The molecule has 1 atom stereocenters. The van der Waals surface area contributed by atoms with Gasteiger partial charge < -0.3 is 10.0 Å². The highest BCUT2D eigenvalue weighted by Crippen LogP contribution is 2.39. The van der Waals surface area contributed by atoms with Crippen LogP contribution in [0.25, 0.3) is 5.69 Å². The molecule has 144 valence electrons. The van der Waals surface area contributed by atoms with Crippen molar-refractivity contribution in [1.29, 1.82) is 0 Å². The lowest BCUT2D eigenvalue weighted by Gasteiger charge is -2.28. The quantitative estimate of drug-likeness (QED) is 0.893. The number of nitrogens with zero attached hydrogens (tertiary/aromatic N) is 3. The van der Waals surface area contributed by atoms with E-state index in [0.717, 1.165) is 0 Å². The molecule has 1 aliphatic heterocycles. The molecule has 0 saturated carbocycles. The maximum Gasteiger partial charge on any atom is 0.311 e. The Morgan fingerprint density at radius 1 is 1.22 bits per heavy atom. The van der Waals surface area contributed by atoms with Gasteiger partial charge in [-0.25, -0.2) is 9.07 Å². The zero-order valence-electron chi connectivity index (χ0n) is 16.0. The molecule has 27 heavy (non-hydrogen) atoms. The Bertz CT molecular complexity index is 889. The third kappa shape index (κ3) is 3.11. The molecule has 3 rings (SSSR count). The first-order valence-corrected chi connectivity index (χ1v) is 9.02. The fourth-order valence-electron chi connectivity index (χ4n) is 3.84. The van der Waals surface area contributed by atoms with Gasteiger partial charge in [0.1, 0.15) is 5.82 Å². The molecule has 1 saturated heterocycles. The average Bonchev–Trinajstić information content (AvgIpc) is 3.18. The smallest absolute Gasteiger partial charge is 0.311 e. The molecule has 0 bridgehead atoms. The summed E-state index contributed by atoms with van der Waals surface area (Å²) >= 11 is 0. The molecule has 1 unspecified atom stereocenters. The van der Waals surface area contributed by atoms with Crippen LogP contribution in [0.15, 0.2) is 24.3 Å². The van der Waals surface area contributed by atoms with Crippen LogP contribution in [0.2, 0.25) is 0 Å². The predicted octanol–water partition coefficient (Wildman–Crippen LogP) is 3.20. The minimum atomic E-state index is -0.912. The van der Waals surface area contributed by atoms with E-state index in [2.05, 4.69) is 5.10 Å². The molecule has 7 heteroatoms. The Hall–Kier alpha value is -2.70. The van der Waals surface area contributed by atoms with E-state index in [4.69, 9.17) is 0 Å². The first-order chi connectivity index (χ1) is 12.7. The van der Waals surface area contributed by atoms with Gasteiger partial charge in [0, 0.05) is 13.1 Å². The Labute approximate surface area is 157 Å². The van der Waals surface area contributed by atoms with Crippen LogP contribution in [-0.4, -0.2) is 44.8 Å². The number of carboxylic acid groups (broad SMARTS) is 1. The van der Waals surface area contributed by atoms with E-state index in [-0.39, 0.29) is 24.2 Å². The molecule has 1 aliphatic rings. The summed E-state index contributed by atoms with van der Waals surface area (Å²) in [6.45, 7) is 7.91. The standard InChI is InChI=1S/C20H24FN3O3/c1-12(2)20(19(26)27)9-10-23(11-20)18(25)17-13(3)22-24(14(17)4)16-7-5-15(21)6-8-16/h5-8,12H,9-11H2,1-4H3,(H,26,27). The van der Waals surface area contributed by atoms with Crippen molar-refractivity contribution in [3.63, 3.8) is 0 Å². The minimum Gasteiger partial charge on any atom is -0.481 e. The number of aliphatic carboxylic acids is 1. The molecule has 1 aromatic carbocycles. The highest BCUT2D eigenvalue weighted by atomic mass is 19.1. The molecule has 1 N–H and O–H groups in total. The van der Waals surface area contributed by atoms with Gasteiger partial charge in [-0.05, 0) is 50.5 Å². The first-order valence-electron chi connectivity index (χ1n) is 9.02. The number of likely N-dealkylation sites (tertiary alicyclic amines) is 1. The molecule has 6 nitrogen and oxygen atoms in total. The van der Waals surface area contributed by atoms with Gasteiger partial charge in [0.25, 0.3) is 5.91 Å². The number of rotatable bonds is 4. The van der Waals surface area contributed by atoms with Gasteiger partial charge >= 0.3 is 5.97 Å². The molecule has 0 aliphatic carbocycles. The van der Waals surface area contributed by atoms with Gasteiger partial charge in [0.05, 0.1) is 28.1 Å². The lowest BCUT2D eigenvalue weighted by atomic mass is 9.76. The summed E-state index contributed by atoms with van der Waals surface area (Å²) in [5.74, 6) is -1.48. The van der Waals surface area contributed by atoms with Gasteiger partial charge in [-0.2, -0.15) is 5.10 Å². The number of carbonyl (C=O) groups is 2. The molecule has 1 fully saturated rings. The number of halogens is 1. The van der Waals surface area contributed by atoms with E-state index in [1.165, 1.54) is 12.1 Å². The number of hydrogen-bond acceptors (Lipinski definition) is 3. The normalized spacial score (nSPS) is 19.7. The molecular weight excluding hydrogens is 349 g/mol. The molecule has 2 aromatic rings. The third-order valence-corrected chi connectivity index (χ3v) is 5.70. The van der Waals surface area contributed by atoms with Crippen LogP contribution in [0.5, 0.6) is 0 Å². The lowest BCUT2D eigenvalue weighted by molar-refractivity contribution is -0.150. The van der Waals surface area contributed by atoms with Gasteiger partial charge in [0.2, 0.25) is 0 Å². The van der Waals surface area contributed by atoms with Gasteiger partial charge in [0.15, 0.2) is 0 Å². The summed E-state index contributed by atoms with van der Waals surface area (Å²) in [5, 5.41) is 14.1. The molecule has 2 heterocycles. The second-order valence-electron chi connectivity index (χ2n) is 7.53. The predicted molar refractivity (Wildman–Crippen MR) is 98.4 cm³/mol. The number of aryl methyl sites for hydroxylation is 1. The van der Waals surface area contributed by atoms with Crippen LogP contribution < -0.4 is 0 Å². The summed E-state index contributed by atoms with van der Waals surface area (Å²) in [4.78, 5) is 26.6. The Balaban J connectivity index is 1.92. The number of carbonyl (C=O) groups excluding carboxylic acids is 1. The molecular formula is C20H24FN3O3. The van der Waals surface area contributed by atoms with Crippen molar-refractivity contribution in [1.82, 2.24) is 14.7 Å². The summed E-state index contributed by atoms with van der Waals surface area (Å²) in [6, 6.07) is 5.90. The molecule has 1 amide bonds. The van der Waals surface area contributed by atoms with Crippen LogP contribution in [0.1, 0.15) is 42.0 Å². The van der Waals surface area contributed by atoms with Crippen molar-refractivity contribution >= 4 is 11.9 Å². The van der Waals surface area contributed by atoms with Crippen molar-refractivity contribution in [3.8, 4) is 5.69 Å². The second kappa shape index (κ2) is 6.79. The highest BCUT2D eigenvalue weighted by molar-refractivity contribution is 5.97. The van der Waals surface area contributed by atoms with E-state index < -0.39 is 11.4 Å². The van der Waals surface area contributed by atoms with Crippen molar-refractivity contribution in [2.75, 3.05) is 13.1 Å². The maximum atomic E-state index is 13.2. The van der Waals surface area contributed by atoms with E-state index in [1.54, 1.807) is 35.6 Å². The summed E-state index contributed by atoms with van der Waals surface area (Å²) < 4.78 is 14.8. The Morgan fingerprint density at radius 3 is 2.37 bits per heavy atom.